The third-order valence-electron chi connectivity index (χ3n) is 4.70. The van der Waals surface area contributed by atoms with Crippen LogP contribution in [0.5, 0.6) is 23.0 Å². The maximum Gasteiger partial charge on any atom is 0.203 e. The maximum absolute atomic E-state index is 5.48. The van der Waals surface area contributed by atoms with E-state index in [4.69, 9.17) is 23.9 Å². The van der Waals surface area contributed by atoms with E-state index in [-0.39, 0.29) is 0 Å². The van der Waals surface area contributed by atoms with Crippen molar-refractivity contribution >= 4 is 5.65 Å². The lowest BCUT2D eigenvalue weighted by atomic mass is 10.1. The molecule has 0 fully saturated rings. The molecular weight excluding hydrogens is 370 g/mol. The predicted molar refractivity (Wildman–Crippen MR) is 110 cm³/mol. The Balaban J connectivity index is 1.85. The number of methoxy groups -OCH3 is 4. The number of nitrogens with zero attached hydrogens (tertiary/aromatic N) is 3. The molecule has 0 atom stereocenters. The summed E-state index contributed by atoms with van der Waals surface area (Å²) >= 11 is 0. The summed E-state index contributed by atoms with van der Waals surface area (Å²) in [6.07, 6.45) is 5.59. The molecule has 7 heteroatoms. The van der Waals surface area contributed by atoms with Crippen molar-refractivity contribution in [2.24, 2.45) is 0 Å². The van der Waals surface area contributed by atoms with E-state index in [0.717, 1.165) is 28.2 Å². The average molecular weight is 391 g/mol. The second-order valence-electron chi connectivity index (χ2n) is 6.28. The Kier molecular flexibility index (Phi) is 4.95. The minimum absolute atomic E-state index is 0.535. The Morgan fingerprint density at radius 1 is 0.793 bits per heavy atom. The molecule has 0 aliphatic heterocycles. The molecule has 0 bridgehead atoms. The monoisotopic (exact) mass is 391 g/mol. The highest BCUT2D eigenvalue weighted by atomic mass is 16.5. The third-order valence-corrected chi connectivity index (χ3v) is 4.70. The van der Waals surface area contributed by atoms with Crippen molar-refractivity contribution in [2.75, 3.05) is 28.4 Å². The van der Waals surface area contributed by atoms with Gasteiger partial charge in [-0.1, -0.05) is 0 Å². The van der Waals surface area contributed by atoms with Gasteiger partial charge >= 0.3 is 0 Å². The van der Waals surface area contributed by atoms with Crippen molar-refractivity contribution in [3.05, 3.63) is 55.0 Å². The van der Waals surface area contributed by atoms with E-state index in [9.17, 15) is 0 Å². The van der Waals surface area contributed by atoms with Crippen LogP contribution in [0.4, 0.5) is 0 Å². The van der Waals surface area contributed by atoms with Gasteiger partial charge in [0.1, 0.15) is 11.4 Å². The minimum Gasteiger partial charge on any atom is -0.497 e. The van der Waals surface area contributed by atoms with E-state index in [1.54, 1.807) is 34.6 Å². The summed E-state index contributed by atoms with van der Waals surface area (Å²) in [6.45, 7) is 0. The molecule has 4 aromatic rings. The minimum atomic E-state index is 0.535. The normalized spacial score (nSPS) is 10.8. The van der Waals surface area contributed by atoms with Crippen LogP contribution in [-0.2, 0) is 0 Å². The van der Waals surface area contributed by atoms with Gasteiger partial charge in [-0.05, 0) is 36.4 Å². The lowest BCUT2D eigenvalue weighted by Crippen LogP contribution is -1.97. The van der Waals surface area contributed by atoms with Gasteiger partial charge in [-0.3, -0.25) is 4.98 Å². The van der Waals surface area contributed by atoms with Gasteiger partial charge in [-0.15, -0.1) is 0 Å². The predicted octanol–water partition coefficient (Wildman–Crippen LogP) is 4.10. The maximum atomic E-state index is 5.48. The fraction of sp³-hybridized carbons (Fsp3) is 0.182. The highest BCUT2D eigenvalue weighted by Crippen LogP contribution is 2.41. The van der Waals surface area contributed by atoms with Crippen molar-refractivity contribution in [2.45, 2.75) is 0 Å². The molecule has 0 amide bonds. The highest BCUT2D eigenvalue weighted by molar-refractivity contribution is 5.79. The molecule has 4 rings (SSSR count). The number of hydrogen-bond donors (Lipinski definition) is 0. The zero-order chi connectivity index (χ0) is 20.4. The van der Waals surface area contributed by atoms with E-state index in [1.807, 2.05) is 53.2 Å². The molecule has 2 heterocycles. The van der Waals surface area contributed by atoms with Gasteiger partial charge in [0.05, 0.1) is 34.1 Å². The van der Waals surface area contributed by atoms with Crippen LogP contribution in [-0.4, -0.2) is 42.8 Å². The topological polar surface area (TPSA) is 67.1 Å². The number of rotatable bonds is 6. The summed E-state index contributed by atoms with van der Waals surface area (Å²) in [7, 11) is 6.41. The van der Waals surface area contributed by atoms with Gasteiger partial charge in [-0.25, -0.2) is 4.98 Å². The van der Waals surface area contributed by atoms with Crippen LogP contribution in [0.25, 0.3) is 28.2 Å². The van der Waals surface area contributed by atoms with Crippen LogP contribution in [0.1, 0.15) is 0 Å². The summed E-state index contributed by atoms with van der Waals surface area (Å²) in [5, 5.41) is 0. The molecule has 0 unspecified atom stereocenters. The zero-order valence-corrected chi connectivity index (χ0v) is 16.7. The third kappa shape index (κ3) is 3.31. The van der Waals surface area contributed by atoms with E-state index in [2.05, 4.69) is 4.98 Å². The van der Waals surface area contributed by atoms with E-state index in [0.29, 0.717) is 22.9 Å². The zero-order valence-electron chi connectivity index (χ0n) is 16.7. The lowest BCUT2D eigenvalue weighted by Gasteiger charge is -2.14. The van der Waals surface area contributed by atoms with Gasteiger partial charge < -0.3 is 23.3 Å². The van der Waals surface area contributed by atoms with Crippen LogP contribution >= 0.6 is 0 Å². The van der Waals surface area contributed by atoms with Crippen LogP contribution in [0.2, 0.25) is 0 Å². The largest absolute Gasteiger partial charge is 0.497 e. The van der Waals surface area contributed by atoms with Gasteiger partial charge in [0, 0.05) is 29.7 Å². The van der Waals surface area contributed by atoms with Crippen molar-refractivity contribution in [3.63, 3.8) is 0 Å². The molecule has 2 aromatic carbocycles. The summed E-state index contributed by atoms with van der Waals surface area (Å²) < 4.78 is 23.6. The number of fused-ring (bicyclic) bond motifs is 1. The smallest absolute Gasteiger partial charge is 0.203 e. The van der Waals surface area contributed by atoms with Gasteiger partial charge in [0.25, 0.3) is 0 Å². The summed E-state index contributed by atoms with van der Waals surface area (Å²) in [5.41, 5.74) is 4.09. The molecule has 148 valence electrons. The molecule has 0 aliphatic carbocycles. The first kappa shape index (κ1) is 18.6. The molecule has 29 heavy (non-hydrogen) atoms. The van der Waals surface area contributed by atoms with Gasteiger partial charge in [0.15, 0.2) is 17.1 Å². The molecular formula is C22H21N3O4. The molecule has 0 N–H and O–H groups in total. The van der Waals surface area contributed by atoms with Crippen molar-refractivity contribution in [3.8, 4) is 45.5 Å². The quantitative estimate of drug-likeness (QED) is 0.493. The Bertz CT molecular complexity index is 1130. The molecule has 0 saturated heterocycles. The van der Waals surface area contributed by atoms with Gasteiger partial charge in [-0.2, -0.15) is 0 Å². The standard InChI is InChI=1S/C22H21N3O4/c1-26-16-7-5-14(6-8-16)17-13-25-10-9-23-20(22(25)24-17)15-11-18(27-2)21(29-4)19(12-15)28-3/h5-13H,1-4H3. The fourth-order valence-electron chi connectivity index (χ4n) is 3.24. The Morgan fingerprint density at radius 2 is 1.48 bits per heavy atom. The lowest BCUT2D eigenvalue weighted by molar-refractivity contribution is 0.324. The average Bonchev–Trinajstić information content (AvgIpc) is 3.22. The highest BCUT2D eigenvalue weighted by Gasteiger charge is 2.17. The number of imidazole rings is 1. The first-order valence-corrected chi connectivity index (χ1v) is 8.97. The first-order chi connectivity index (χ1) is 14.2. The van der Waals surface area contributed by atoms with E-state index < -0.39 is 0 Å². The Hall–Kier alpha value is -3.74. The second-order valence-corrected chi connectivity index (χ2v) is 6.28. The summed E-state index contributed by atoms with van der Waals surface area (Å²) in [5.74, 6) is 2.46. The number of ether oxygens (including phenoxy) is 4. The van der Waals surface area contributed by atoms with Crippen molar-refractivity contribution < 1.29 is 18.9 Å². The van der Waals surface area contributed by atoms with Crippen LogP contribution < -0.4 is 18.9 Å². The van der Waals surface area contributed by atoms with Crippen molar-refractivity contribution in [1.29, 1.82) is 0 Å². The molecule has 0 saturated carbocycles. The summed E-state index contributed by atoms with van der Waals surface area (Å²) in [6, 6.07) is 11.5. The SMILES string of the molecule is COc1ccc(-c2cn3ccnc(-c4cc(OC)c(OC)c(OC)c4)c3n2)cc1. The molecule has 0 radical (unpaired) electrons. The molecule has 7 nitrogen and oxygen atoms in total. The summed E-state index contributed by atoms with van der Waals surface area (Å²) in [4.78, 5) is 9.38. The Morgan fingerprint density at radius 3 is 2.07 bits per heavy atom. The van der Waals surface area contributed by atoms with Gasteiger partial charge in [0.2, 0.25) is 5.75 Å². The number of benzene rings is 2. The second kappa shape index (κ2) is 7.71. The van der Waals surface area contributed by atoms with Crippen LogP contribution in [0, 0.1) is 0 Å². The van der Waals surface area contributed by atoms with Crippen molar-refractivity contribution in [1.82, 2.24) is 14.4 Å². The number of hydrogen-bond acceptors (Lipinski definition) is 6. The molecule has 0 aliphatic rings. The van der Waals surface area contributed by atoms with Crippen LogP contribution in [0.15, 0.2) is 55.0 Å². The first-order valence-electron chi connectivity index (χ1n) is 8.97. The van der Waals surface area contributed by atoms with E-state index >= 15 is 0 Å². The van der Waals surface area contributed by atoms with Crippen LogP contribution in [0.3, 0.4) is 0 Å². The molecule has 0 spiro atoms. The van der Waals surface area contributed by atoms with E-state index in [1.165, 1.54) is 0 Å². The number of aromatic nitrogens is 3. The Labute approximate surface area is 168 Å². The molecule has 2 aromatic heterocycles. The fourth-order valence-corrected chi connectivity index (χ4v) is 3.24.